The number of anilines is 1. The first-order valence-electron chi connectivity index (χ1n) is 8.43. The van der Waals surface area contributed by atoms with Gasteiger partial charge in [0.25, 0.3) is 11.8 Å². The third-order valence-corrected chi connectivity index (χ3v) is 6.05. The van der Waals surface area contributed by atoms with Gasteiger partial charge in [-0.25, -0.2) is 5.01 Å². The molecule has 2 aromatic carbocycles. The fraction of sp³-hybridized carbons (Fsp3) is 0.0476. The summed E-state index contributed by atoms with van der Waals surface area (Å²) >= 11 is 3.69. The minimum atomic E-state index is -0.407. The highest BCUT2D eigenvalue weighted by molar-refractivity contribution is 14.1. The normalized spacial score (nSPS) is 15.2. The summed E-state index contributed by atoms with van der Waals surface area (Å²) in [5.74, 6) is 0.0114. The van der Waals surface area contributed by atoms with Gasteiger partial charge in [-0.2, -0.15) is 0 Å². The summed E-state index contributed by atoms with van der Waals surface area (Å²) in [5.41, 5.74) is 4.35. The van der Waals surface area contributed by atoms with Crippen molar-refractivity contribution in [3.8, 4) is 16.2 Å². The molecule has 0 saturated carbocycles. The van der Waals surface area contributed by atoms with Gasteiger partial charge < -0.3 is 4.74 Å². The highest BCUT2D eigenvalue weighted by Gasteiger charge is 2.34. The van der Waals surface area contributed by atoms with Crippen molar-refractivity contribution in [1.82, 2.24) is 5.43 Å². The average Bonchev–Trinajstić information content (AvgIpc) is 3.29. The predicted molar refractivity (Wildman–Crippen MR) is 119 cm³/mol. The molecule has 1 aromatic heterocycles. The number of hydrazine groups is 1. The van der Waals surface area contributed by atoms with Gasteiger partial charge in [0.15, 0.2) is 0 Å². The van der Waals surface area contributed by atoms with Gasteiger partial charge in [-0.3, -0.25) is 15.0 Å². The van der Waals surface area contributed by atoms with Crippen LogP contribution in [-0.2, 0) is 9.59 Å². The van der Waals surface area contributed by atoms with Gasteiger partial charge in [-0.05, 0) is 77.2 Å². The second kappa shape index (κ2) is 7.76. The van der Waals surface area contributed by atoms with Crippen molar-refractivity contribution in [1.29, 1.82) is 0 Å². The summed E-state index contributed by atoms with van der Waals surface area (Å²) in [4.78, 5) is 26.9. The van der Waals surface area contributed by atoms with E-state index in [2.05, 4.69) is 28.0 Å². The lowest BCUT2D eigenvalue weighted by molar-refractivity contribution is -0.117. The molecule has 140 valence electrons. The highest BCUT2D eigenvalue weighted by atomic mass is 127. The largest absolute Gasteiger partial charge is 0.496 e. The number of nitrogens with one attached hydrogen (secondary N) is 1. The smallest absolute Gasteiger partial charge is 0.282 e. The van der Waals surface area contributed by atoms with Gasteiger partial charge in [0, 0.05) is 18.9 Å². The van der Waals surface area contributed by atoms with Gasteiger partial charge in [0.1, 0.15) is 11.3 Å². The molecule has 0 bridgehead atoms. The summed E-state index contributed by atoms with van der Waals surface area (Å²) < 4.78 is 6.47. The third-order valence-electron chi connectivity index (χ3n) is 4.26. The molecule has 1 N–H and O–H groups in total. The van der Waals surface area contributed by atoms with Gasteiger partial charge in [-0.15, -0.1) is 11.3 Å². The van der Waals surface area contributed by atoms with Crippen molar-refractivity contribution in [2.24, 2.45) is 0 Å². The van der Waals surface area contributed by atoms with E-state index < -0.39 is 5.91 Å². The molecule has 0 radical (unpaired) electrons. The zero-order valence-electron chi connectivity index (χ0n) is 14.8. The molecule has 1 fully saturated rings. The number of carbonyl (C=O) groups is 2. The van der Waals surface area contributed by atoms with Crippen LogP contribution in [-0.4, -0.2) is 18.9 Å². The molecule has 3 aromatic rings. The van der Waals surface area contributed by atoms with Crippen LogP contribution < -0.4 is 15.2 Å². The first kappa shape index (κ1) is 18.7. The minimum absolute atomic E-state index is 0.118. The molecule has 0 aliphatic carbocycles. The quantitative estimate of drug-likeness (QED) is 0.325. The maximum atomic E-state index is 12.7. The van der Waals surface area contributed by atoms with Crippen LogP contribution in [0.1, 0.15) is 4.88 Å². The Morgan fingerprint density at radius 1 is 1.04 bits per heavy atom. The van der Waals surface area contributed by atoms with Crippen molar-refractivity contribution >= 4 is 57.5 Å². The number of amides is 2. The van der Waals surface area contributed by atoms with E-state index in [-0.39, 0.29) is 11.5 Å². The number of para-hydroxylation sites is 1. The van der Waals surface area contributed by atoms with Crippen LogP contribution in [0.15, 0.2) is 66.2 Å². The number of benzene rings is 2. The molecule has 4 rings (SSSR count). The Balaban J connectivity index is 1.63. The zero-order chi connectivity index (χ0) is 19.7. The van der Waals surface area contributed by atoms with E-state index in [4.69, 9.17) is 4.74 Å². The van der Waals surface area contributed by atoms with Crippen LogP contribution >= 0.6 is 33.9 Å². The van der Waals surface area contributed by atoms with Crippen LogP contribution in [0.5, 0.6) is 5.75 Å². The van der Waals surface area contributed by atoms with Crippen LogP contribution in [0.2, 0.25) is 0 Å². The Bertz CT molecular complexity index is 1090. The van der Waals surface area contributed by atoms with Crippen LogP contribution in [0.25, 0.3) is 16.5 Å². The van der Waals surface area contributed by atoms with E-state index in [1.165, 1.54) is 16.3 Å². The van der Waals surface area contributed by atoms with Crippen molar-refractivity contribution in [2.45, 2.75) is 0 Å². The molecule has 1 aliphatic rings. The van der Waals surface area contributed by atoms with Gasteiger partial charge in [0.05, 0.1) is 12.8 Å². The number of halogens is 1. The molecule has 1 aliphatic heterocycles. The van der Waals surface area contributed by atoms with E-state index in [0.717, 1.165) is 24.6 Å². The molecule has 0 spiro atoms. The van der Waals surface area contributed by atoms with Crippen molar-refractivity contribution in [2.75, 3.05) is 12.1 Å². The number of thiophene rings is 1. The number of methoxy groups -OCH3 is 1. The maximum Gasteiger partial charge on any atom is 0.282 e. The molecule has 28 heavy (non-hydrogen) atoms. The minimum Gasteiger partial charge on any atom is -0.496 e. The van der Waals surface area contributed by atoms with Crippen LogP contribution in [0.4, 0.5) is 5.69 Å². The molecular weight excluding hydrogens is 487 g/mol. The Morgan fingerprint density at radius 3 is 2.54 bits per heavy atom. The van der Waals surface area contributed by atoms with E-state index in [9.17, 15) is 9.59 Å². The predicted octanol–water partition coefficient (Wildman–Crippen LogP) is 4.49. The topological polar surface area (TPSA) is 58.6 Å². The Morgan fingerprint density at radius 2 is 1.79 bits per heavy atom. The molecule has 2 amide bonds. The highest BCUT2D eigenvalue weighted by Crippen LogP contribution is 2.35. The third kappa shape index (κ3) is 3.55. The Hall–Kier alpha value is -2.65. The average molecular weight is 502 g/mol. The van der Waals surface area contributed by atoms with Crippen molar-refractivity contribution < 1.29 is 14.3 Å². The van der Waals surface area contributed by atoms with Gasteiger partial charge in [-0.1, -0.05) is 12.1 Å². The maximum absolute atomic E-state index is 12.7. The van der Waals surface area contributed by atoms with Gasteiger partial charge >= 0.3 is 0 Å². The van der Waals surface area contributed by atoms with E-state index in [0.29, 0.717) is 5.69 Å². The summed E-state index contributed by atoms with van der Waals surface area (Å²) in [6.07, 6.45) is 1.63. The van der Waals surface area contributed by atoms with Crippen molar-refractivity contribution in [3.63, 3.8) is 0 Å². The van der Waals surface area contributed by atoms with Crippen LogP contribution in [0, 0.1) is 3.57 Å². The number of ether oxygens (including phenoxy) is 1. The first-order chi connectivity index (χ1) is 13.6. The van der Waals surface area contributed by atoms with E-state index in [1.807, 2.05) is 48.5 Å². The number of carbonyl (C=O) groups excluding carboxylic acids is 2. The van der Waals surface area contributed by atoms with Gasteiger partial charge in [0.2, 0.25) is 0 Å². The molecule has 7 heteroatoms. The molecule has 5 nitrogen and oxygen atoms in total. The Kier molecular flexibility index (Phi) is 5.19. The summed E-state index contributed by atoms with van der Waals surface area (Å²) in [6, 6.07) is 19.0. The van der Waals surface area contributed by atoms with E-state index >= 15 is 0 Å². The number of nitrogens with zero attached hydrogens (tertiary/aromatic N) is 1. The molecule has 0 atom stereocenters. The number of hydrogen-bond acceptors (Lipinski definition) is 4. The second-order valence-corrected chi connectivity index (χ2v) is 8.38. The second-order valence-electron chi connectivity index (χ2n) is 6.02. The lowest BCUT2D eigenvalue weighted by atomic mass is 10.1. The fourth-order valence-electron chi connectivity index (χ4n) is 2.89. The molecule has 2 heterocycles. The summed E-state index contributed by atoms with van der Waals surface area (Å²) in [6.45, 7) is 0. The summed E-state index contributed by atoms with van der Waals surface area (Å²) in [7, 11) is 1.63. The first-order valence-corrected chi connectivity index (χ1v) is 10.3. The van der Waals surface area contributed by atoms with Crippen molar-refractivity contribution in [3.05, 3.63) is 74.7 Å². The standard InChI is InChI=1S/C21H15IN2O3S/c1-27-18-5-3-2-4-16(18)19-11-10-15(28-19)12-17-20(25)23-24(21(17)26)14-8-6-13(22)7-9-14/h2-12H,1H3,(H,23,25)/b17-12-. The molecule has 1 saturated heterocycles. The lowest BCUT2D eigenvalue weighted by Crippen LogP contribution is -2.35. The fourth-order valence-corrected chi connectivity index (χ4v) is 4.24. The lowest BCUT2D eigenvalue weighted by Gasteiger charge is -2.14. The summed E-state index contributed by atoms with van der Waals surface area (Å²) in [5, 5.41) is 1.28. The SMILES string of the molecule is COc1ccccc1-c1ccc(/C=C2/C(=O)NN(c3ccc(I)cc3)C2=O)s1. The monoisotopic (exact) mass is 502 g/mol. The zero-order valence-corrected chi connectivity index (χ0v) is 17.8. The molecular formula is C21H15IN2O3S. The Labute approximate surface area is 179 Å². The molecule has 0 unspecified atom stereocenters. The number of hydrogen-bond donors (Lipinski definition) is 1. The number of rotatable bonds is 4. The van der Waals surface area contributed by atoms with Crippen LogP contribution in [0.3, 0.4) is 0 Å². The van der Waals surface area contributed by atoms with E-state index in [1.54, 1.807) is 25.3 Å².